The molecule has 0 spiro atoms. The van der Waals surface area contributed by atoms with Crippen molar-refractivity contribution in [3.63, 3.8) is 0 Å². The minimum absolute atomic E-state index is 0.180. The summed E-state index contributed by atoms with van der Waals surface area (Å²) in [5, 5.41) is 3.29. The molecule has 1 aliphatic carbocycles. The van der Waals surface area contributed by atoms with Crippen LogP contribution in [0.25, 0.3) is 11.0 Å². The largest absolute Gasteiger partial charge is 0.493 e. The number of anilines is 1. The van der Waals surface area contributed by atoms with Crippen molar-refractivity contribution in [1.29, 1.82) is 0 Å². The van der Waals surface area contributed by atoms with Gasteiger partial charge in [0.1, 0.15) is 34.1 Å². The van der Waals surface area contributed by atoms with Gasteiger partial charge in [0, 0.05) is 55.4 Å². The number of ether oxygens (including phenoxy) is 4. The van der Waals surface area contributed by atoms with Gasteiger partial charge in [0.05, 0.1) is 19.8 Å². The van der Waals surface area contributed by atoms with Gasteiger partial charge < -0.3 is 28.3 Å². The minimum Gasteiger partial charge on any atom is -0.493 e. The molecular formula is C92H132N2O8. The molecule has 0 saturated heterocycles. The van der Waals surface area contributed by atoms with Crippen molar-refractivity contribution in [2.45, 2.75) is 331 Å². The molecule has 0 radical (unpaired) electrons. The molecule has 102 heavy (non-hydrogen) atoms. The van der Waals surface area contributed by atoms with Crippen molar-refractivity contribution in [3.05, 3.63) is 155 Å². The molecular weight excluding hydrogens is 1260 g/mol. The molecule has 10 nitrogen and oxygen atoms in total. The van der Waals surface area contributed by atoms with Gasteiger partial charge in [0.2, 0.25) is 0 Å². The first kappa shape index (κ1) is 79.6. The number of amides is 2. The van der Waals surface area contributed by atoms with Crippen LogP contribution in [-0.2, 0) is 65.0 Å². The lowest BCUT2D eigenvalue weighted by molar-refractivity contribution is -0.122. The van der Waals surface area contributed by atoms with E-state index < -0.39 is 24.0 Å². The van der Waals surface area contributed by atoms with Crippen molar-refractivity contribution in [1.82, 2.24) is 5.32 Å². The number of rotatable bonds is 34. The van der Waals surface area contributed by atoms with Crippen LogP contribution >= 0.6 is 0 Å². The topological polar surface area (TPSA) is 117 Å². The fourth-order valence-corrected chi connectivity index (χ4v) is 15.6. The van der Waals surface area contributed by atoms with Gasteiger partial charge in [-0.15, -0.1) is 0 Å². The van der Waals surface area contributed by atoms with E-state index in [9.17, 15) is 14.4 Å². The Labute approximate surface area is 616 Å². The monoisotopic (exact) mass is 1390 g/mol. The maximum Gasteiger partial charge on any atom is 0.349 e. The van der Waals surface area contributed by atoms with Gasteiger partial charge in [-0.1, -0.05) is 287 Å². The predicted molar refractivity (Wildman–Crippen MR) is 425 cm³/mol. The predicted octanol–water partition coefficient (Wildman–Crippen LogP) is 23.3. The third-order valence-corrected chi connectivity index (χ3v) is 21.8. The fraction of sp³-hybridized carbons (Fsp3) is 0.620. The van der Waals surface area contributed by atoms with E-state index in [2.05, 4.69) is 169 Å². The van der Waals surface area contributed by atoms with E-state index in [0.29, 0.717) is 62.2 Å². The van der Waals surface area contributed by atoms with E-state index in [1.165, 1.54) is 144 Å². The average Bonchev–Trinajstić information content (AvgIpc) is 0.753. The Balaban J connectivity index is 1.21. The van der Waals surface area contributed by atoms with Gasteiger partial charge in [-0.3, -0.25) is 14.9 Å². The Kier molecular flexibility index (Phi) is 28.8. The second-order valence-electron chi connectivity index (χ2n) is 34.8. The zero-order chi connectivity index (χ0) is 73.2. The number of imide groups is 1. The van der Waals surface area contributed by atoms with E-state index in [1.54, 1.807) is 6.07 Å². The number of hydrogen-bond acceptors (Lipinski definition) is 9. The number of nitrogens with zero attached hydrogens (tertiary/aromatic N) is 1. The van der Waals surface area contributed by atoms with Crippen LogP contribution in [-0.4, -0.2) is 51.3 Å². The molecule has 5 aromatic carbocycles. The number of nitrogens with one attached hydrogen (secondary N) is 1. The summed E-state index contributed by atoms with van der Waals surface area (Å²) in [6, 6.07) is 22.7. The summed E-state index contributed by atoms with van der Waals surface area (Å²) in [6.07, 6.45) is 34.6. The van der Waals surface area contributed by atoms with Crippen LogP contribution in [0.1, 0.15) is 359 Å². The number of hydrogen-bond donors (Lipinski definition) is 1. The molecule has 0 fully saturated rings. The van der Waals surface area contributed by atoms with Crippen molar-refractivity contribution in [3.8, 4) is 23.0 Å². The Morgan fingerprint density at radius 1 is 0.402 bits per heavy atom. The number of carbonyl (C=O) groups is 2. The Morgan fingerprint density at radius 2 is 0.716 bits per heavy atom. The Morgan fingerprint density at radius 3 is 1.05 bits per heavy atom. The van der Waals surface area contributed by atoms with Gasteiger partial charge in [0.25, 0.3) is 11.8 Å². The zero-order valence-electron chi connectivity index (χ0n) is 66.4. The standard InChI is InChI=1S/C92H132N2O8/c1-16-19-22-25-28-31-34-37-46-98-82-65-50-67-56-75(90(7,8)9)58-69(83(67)99-47-38-35-32-29-26-23-20-17-2)52-71-60-77(92(13,14)15)61-72(85(71)101-63-80(95)93-87(96)79-62-73-49-64-42-40-44-94-45-41-43-78(81(64)94)86(73)102-88(79)97)53-70-59-76(91(10,11)12)57-68(51-66(82)55-74(54-65)89(4,5)6)84(70)100-48-39-36-33-30-27-24-21-18-3/h49,54-62H,16-48,50-53,63H2,1-15H3,(H,93,95,96). The lowest BCUT2D eigenvalue weighted by atomic mass is 9.79. The first-order valence-electron chi connectivity index (χ1n) is 40.6. The molecule has 0 unspecified atom stereocenters. The highest BCUT2D eigenvalue weighted by molar-refractivity contribution is 6.06. The molecule has 8 bridgehead atoms. The summed E-state index contributed by atoms with van der Waals surface area (Å²) in [5.41, 5.74) is 15.3. The van der Waals surface area contributed by atoms with Gasteiger partial charge in [-0.25, -0.2) is 4.79 Å². The van der Waals surface area contributed by atoms with E-state index in [4.69, 9.17) is 23.4 Å². The quantitative estimate of drug-likeness (QED) is 0.0311. The van der Waals surface area contributed by atoms with Gasteiger partial charge in [0.15, 0.2) is 6.61 Å². The van der Waals surface area contributed by atoms with Crippen molar-refractivity contribution in [2.75, 3.05) is 44.4 Å². The number of unbranched alkanes of at least 4 members (excludes halogenated alkanes) is 21. The van der Waals surface area contributed by atoms with Crippen molar-refractivity contribution in [2.24, 2.45) is 0 Å². The normalized spacial score (nSPS) is 14.0. The summed E-state index contributed by atoms with van der Waals surface area (Å²) in [7, 11) is 0. The molecule has 558 valence electrons. The molecule has 3 aliphatic rings. The summed E-state index contributed by atoms with van der Waals surface area (Å²) >= 11 is 0. The maximum atomic E-state index is 14.7. The van der Waals surface area contributed by atoms with Crippen LogP contribution < -0.4 is 34.8 Å². The lowest BCUT2D eigenvalue weighted by Crippen LogP contribution is -2.37. The maximum absolute atomic E-state index is 14.7. The van der Waals surface area contributed by atoms with Crippen molar-refractivity contribution >= 4 is 28.5 Å². The molecule has 0 atom stereocenters. The number of aryl methyl sites for hydroxylation is 2. The molecule has 2 aliphatic heterocycles. The van der Waals surface area contributed by atoms with E-state index >= 15 is 0 Å². The summed E-state index contributed by atoms with van der Waals surface area (Å²) < 4.78 is 35.5. The first-order valence-corrected chi connectivity index (χ1v) is 40.6. The lowest BCUT2D eigenvalue weighted by Gasteiger charge is -2.37. The molecule has 1 aromatic heterocycles. The summed E-state index contributed by atoms with van der Waals surface area (Å²) in [6.45, 7) is 37.8. The summed E-state index contributed by atoms with van der Waals surface area (Å²) in [5.74, 6) is 1.86. The second kappa shape index (κ2) is 36.9. The number of fused-ring (bicyclic) bond motifs is 10. The molecule has 9 rings (SSSR count). The third-order valence-electron chi connectivity index (χ3n) is 21.8. The molecule has 1 N–H and O–H groups in total. The second-order valence-corrected chi connectivity index (χ2v) is 34.8. The first-order chi connectivity index (χ1) is 48.7. The van der Waals surface area contributed by atoms with Crippen LogP contribution in [0, 0.1) is 0 Å². The van der Waals surface area contributed by atoms with E-state index in [-0.39, 0.29) is 27.2 Å². The van der Waals surface area contributed by atoms with Crippen molar-refractivity contribution < 1.29 is 33.0 Å². The smallest absolute Gasteiger partial charge is 0.349 e. The average molecular weight is 1390 g/mol. The fourth-order valence-electron chi connectivity index (χ4n) is 15.6. The highest BCUT2D eigenvalue weighted by Crippen LogP contribution is 2.46. The van der Waals surface area contributed by atoms with Crippen LogP contribution in [0.4, 0.5) is 5.69 Å². The Hall–Kier alpha value is -6.55. The molecule has 3 heterocycles. The molecule has 0 saturated carbocycles. The zero-order valence-corrected chi connectivity index (χ0v) is 66.4. The van der Waals surface area contributed by atoms with Gasteiger partial charge in [-0.05, 0) is 151 Å². The number of benzene rings is 5. The molecule has 2 amide bonds. The highest BCUT2D eigenvalue weighted by Gasteiger charge is 2.32. The van der Waals surface area contributed by atoms with Crippen LogP contribution in [0.3, 0.4) is 0 Å². The van der Waals surface area contributed by atoms with Gasteiger partial charge >= 0.3 is 5.63 Å². The van der Waals surface area contributed by atoms with Crippen LogP contribution in [0.5, 0.6) is 23.0 Å². The Bertz CT molecular complexity index is 3680. The summed E-state index contributed by atoms with van der Waals surface area (Å²) in [4.78, 5) is 45.6. The van der Waals surface area contributed by atoms with Gasteiger partial charge in [-0.2, -0.15) is 0 Å². The molecule has 6 aromatic rings. The van der Waals surface area contributed by atoms with Crippen LogP contribution in [0.2, 0.25) is 0 Å². The molecule has 10 heteroatoms. The van der Waals surface area contributed by atoms with E-state index in [1.807, 2.05) is 0 Å². The van der Waals surface area contributed by atoms with E-state index in [0.717, 1.165) is 150 Å². The SMILES string of the molecule is CCCCCCCCCCOc1c2cc(C(C)(C)C)cc1Cc1cc(C(C)(C)C)cc(c1OCCCCCCCCCC)Cc1cc(C(C)(C)C)cc(c1OCC(=O)NC(=O)c1cc3cc4c5c(c3oc1=O)CCCN5CCC4)Cc1cc(C(C)(C)C)cc(c1OCCCCCCCCCC)C2. The highest BCUT2D eigenvalue weighted by atomic mass is 16.5. The third kappa shape index (κ3) is 21.8. The number of carbonyl (C=O) groups excluding carboxylic acids is 2. The van der Waals surface area contributed by atoms with Crippen LogP contribution in [0.15, 0.2) is 69.9 Å². The minimum atomic E-state index is -0.812.